The molecule has 0 unspecified atom stereocenters. The van der Waals surface area contributed by atoms with Crippen molar-refractivity contribution in [3.8, 4) is 0 Å². The van der Waals surface area contributed by atoms with Gasteiger partial charge in [-0.2, -0.15) is 0 Å². The Morgan fingerprint density at radius 1 is 0.905 bits per heavy atom. The molecule has 21 heavy (non-hydrogen) atoms. The van der Waals surface area contributed by atoms with E-state index in [0.29, 0.717) is 17.4 Å². The molecule has 2 amide bonds. The van der Waals surface area contributed by atoms with E-state index in [4.69, 9.17) is 0 Å². The number of amides is 2. The zero-order valence-electron chi connectivity index (χ0n) is 11.1. The molecule has 0 atom stereocenters. The van der Waals surface area contributed by atoms with E-state index in [9.17, 15) is 18.4 Å². The predicted octanol–water partition coefficient (Wildman–Crippen LogP) is 3.18. The van der Waals surface area contributed by atoms with Crippen molar-refractivity contribution >= 4 is 23.2 Å². The molecule has 0 spiro atoms. The number of hydrogen-bond donors (Lipinski definition) is 2. The van der Waals surface area contributed by atoms with Gasteiger partial charge in [-0.05, 0) is 30.3 Å². The maximum absolute atomic E-state index is 13.1. The molecule has 4 nitrogen and oxygen atoms in total. The molecule has 2 aromatic carbocycles. The average Bonchev–Trinajstić information content (AvgIpc) is 2.37. The fourth-order valence-electron chi connectivity index (χ4n) is 1.77. The van der Waals surface area contributed by atoms with Crippen molar-refractivity contribution in [1.29, 1.82) is 0 Å². The van der Waals surface area contributed by atoms with Gasteiger partial charge in [0.1, 0.15) is 11.6 Å². The van der Waals surface area contributed by atoms with Crippen molar-refractivity contribution in [3.63, 3.8) is 0 Å². The van der Waals surface area contributed by atoms with Gasteiger partial charge in [-0.3, -0.25) is 9.59 Å². The van der Waals surface area contributed by atoms with E-state index in [0.717, 1.165) is 12.1 Å². The number of anilines is 2. The average molecular weight is 290 g/mol. The topological polar surface area (TPSA) is 58.2 Å². The lowest BCUT2D eigenvalue weighted by atomic mass is 10.2. The second-order valence-electron chi connectivity index (χ2n) is 4.37. The van der Waals surface area contributed by atoms with Crippen LogP contribution in [0, 0.1) is 11.6 Å². The summed E-state index contributed by atoms with van der Waals surface area (Å²) in [6.45, 7) is 1.36. The number of rotatable bonds is 3. The van der Waals surface area contributed by atoms with Gasteiger partial charge in [0.2, 0.25) is 5.91 Å². The van der Waals surface area contributed by atoms with Crippen LogP contribution in [-0.4, -0.2) is 11.8 Å². The van der Waals surface area contributed by atoms with Crippen LogP contribution in [0.5, 0.6) is 0 Å². The second-order valence-corrected chi connectivity index (χ2v) is 4.37. The van der Waals surface area contributed by atoms with E-state index in [1.807, 2.05) is 0 Å². The Labute approximate surface area is 119 Å². The highest BCUT2D eigenvalue weighted by Gasteiger charge is 2.10. The van der Waals surface area contributed by atoms with Gasteiger partial charge in [0.15, 0.2) is 0 Å². The molecule has 0 bridgehead atoms. The number of carbonyl (C=O) groups excluding carboxylic acids is 2. The molecule has 0 aromatic heterocycles. The molecule has 6 heteroatoms. The predicted molar refractivity (Wildman–Crippen MR) is 75.1 cm³/mol. The van der Waals surface area contributed by atoms with Crippen molar-refractivity contribution in [2.45, 2.75) is 6.92 Å². The lowest BCUT2D eigenvalue weighted by molar-refractivity contribution is -0.114. The standard InChI is InChI=1S/C15H12F2N2O2/c1-9(20)18-13-3-2-4-14(8-13)19-15(21)10-5-11(16)7-12(17)6-10/h2-8H,1H3,(H,18,20)(H,19,21). The molecule has 0 aliphatic carbocycles. The molecule has 0 heterocycles. The molecule has 0 aliphatic rings. The Hall–Kier alpha value is -2.76. The zero-order valence-corrected chi connectivity index (χ0v) is 11.1. The van der Waals surface area contributed by atoms with Crippen molar-refractivity contribution < 1.29 is 18.4 Å². The van der Waals surface area contributed by atoms with Crippen LogP contribution in [0.4, 0.5) is 20.2 Å². The molecule has 108 valence electrons. The summed E-state index contributed by atoms with van der Waals surface area (Å²) in [5.41, 5.74) is 0.777. The van der Waals surface area contributed by atoms with E-state index < -0.39 is 17.5 Å². The molecule has 2 N–H and O–H groups in total. The summed E-state index contributed by atoms with van der Waals surface area (Å²) in [5, 5.41) is 5.07. The summed E-state index contributed by atoms with van der Waals surface area (Å²) in [7, 11) is 0. The van der Waals surface area contributed by atoms with Gasteiger partial charge in [0.05, 0.1) is 0 Å². The Morgan fingerprint density at radius 2 is 1.48 bits per heavy atom. The molecular weight excluding hydrogens is 278 g/mol. The van der Waals surface area contributed by atoms with Crippen molar-refractivity contribution in [1.82, 2.24) is 0 Å². The van der Waals surface area contributed by atoms with Gasteiger partial charge >= 0.3 is 0 Å². The molecule has 0 aliphatic heterocycles. The summed E-state index contributed by atoms with van der Waals surface area (Å²) in [5.74, 6) is -2.54. The number of benzene rings is 2. The molecule has 2 aromatic rings. The minimum absolute atomic E-state index is 0.127. The van der Waals surface area contributed by atoms with E-state index >= 15 is 0 Å². The maximum Gasteiger partial charge on any atom is 0.255 e. The lowest BCUT2D eigenvalue weighted by Gasteiger charge is -2.08. The molecule has 0 radical (unpaired) electrons. The molecule has 2 rings (SSSR count). The summed E-state index contributed by atoms with van der Waals surface area (Å²) >= 11 is 0. The monoisotopic (exact) mass is 290 g/mol. The lowest BCUT2D eigenvalue weighted by Crippen LogP contribution is -2.13. The van der Waals surface area contributed by atoms with Crippen molar-refractivity contribution in [2.24, 2.45) is 0 Å². The van der Waals surface area contributed by atoms with E-state index in [1.165, 1.54) is 13.0 Å². The van der Waals surface area contributed by atoms with Crippen LogP contribution >= 0.6 is 0 Å². The smallest absolute Gasteiger partial charge is 0.255 e. The first-order chi connectivity index (χ1) is 9.94. The minimum atomic E-state index is -0.827. The summed E-state index contributed by atoms with van der Waals surface area (Å²) in [4.78, 5) is 22.9. The maximum atomic E-state index is 13.1. The van der Waals surface area contributed by atoms with Crippen LogP contribution in [-0.2, 0) is 4.79 Å². The number of hydrogen-bond acceptors (Lipinski definition) is 2. The van der Waals surface area contributed by atoms with Gasteiger partial charge in [-0.15, -0.1) is 0 Å². The molecule has 0 fully saturated rings. The largest absolute Gasteiger partial charge is 0.326 e. The molecular formula is C15H12F2N2O2. The normalized spacial score (nSPS) is 10.0. The SMILES string of the molecule is CC(=O)Nc1cccc(NC(=O)c2cc(F)cc(F)c2)c1. The number of halogens is 2. The highest BCUT2D eigenvalue weighted by Crippen LogP contribution is 2.17. The van der Waals surface area contributed by atoms with Gasteiger partial charge in [0, 0.05) is 29.9 Å². The zero-order chi connectivity index (χ0) is 15.4. The third-order valence-corrected chi connectivity index (χ3v) is 2.57. The third-order valence-electron chi connectivity index (χ3n) is 2.57. The Kier molecular flexibility index (Phi) is 4.27. The fraction of sp³-hybridized carbons (Fsp3) is 0.0667. The van der Waals surface area contributed by atoms with Crippen LogP contribution < -0.4 is 10.6 Å². The minimum Gasteiger partial charge on any atom is -0.326 e. The summed E-state index contributed by atoms with van der Waals surface area (Å²) in [6, 6.07) is 8.99. The Bertz CT molecular complexity index is 682. The van der Waals surface area contributed by atoms with E-state index in [-0.39, 0.29) is 11.5 Å². The number of nitrogens with one attached hydrogen (secondary N) is 2. The van der Waals surface area contributed by atoms with Gasteiger partial charge in [0.25, 0.3) is 5.91 Å². The van der Waals surface area contributed by atoms with Crippen LogP contribution in [0.1, 0.15) is 17.3 Å². The Morgan fingerprint density at radius 3 is 2.05 bits per heavy atom. The molecule has 0 saturated heterocycles. The highest BCUT2D eigenvalue weighted by molar-refractivity contribution is 6.04. The van der Waals surface area contributed by atoms with Crippen LogP contribution in [0.2, 0.25) is 0 Å². The first-order valence-corrected chi connectivity index (χ1v) is 6.09. The van der Waals surface area contributed by atoms with Gasteiger partial charge in [-0.1, -0.05) is 6.07 Å². The van der Waals surface area contributed by atoms with Crippen LogP contribution in [0.3, 0.4) is 0 Å². The summed E-state index contributed by atoms with van der Waals surface area (Å²) in [6.07, 6.45) is 0. The highest BCUT2D eigenvalue weighted by atomic mass is 19.1. The van der Waals surface area contributed by atoms with Crippen molar-refractivity contribution in [3.05, 3.63) is 59.7 Å². The van der Waals surface area contributed by atoms with Crippen LogP contribution in [0.25, 0.3) is 0 Å². The molecule has 0 saturated carbocycles. The first kappa shape index (κ1) is 14.6. The number of carbonyl (C=O) groups is 2. The fourth-order valence-corrected chi connectivity index (χ4v) is 1.77. The second kappa shape index (κ2) is 6.13. The summed E-state index contributed by atoms with van der Waals surface area (Å²) < 4.78 is 26.1. The quantitative estimate of drug-likeness (QED) is 0.912. The van der Waals surface area contributed by atoms with E-state index in [2.05, 4.69) is 10.6 Å². The van der Waals surface area contributed by atoms with E-state index in [1.54, 1.807) is 18.2 Å². The van der Waals surface area contributed by atoms with Crippen molar-refractivity contribution in [2.75, 3.05) is 10.6 Å². The Balaban J connectivity index is 2.17. The van der Waals surface area contributed by atoms with Gasteiger partial charge in [-0.25, -0.2) is 8.78 Å². The van der Waals surface area contributed by atoms with Gasteiger partial charge < -0.3 is 10.6 Å². The first-order valence-electron chi connectivity index (χ1n) is 6.09. The van der Waals surface area contributed by atoms with Crippen LogP contribution in [0.15, 0.2) is 42.5 Å². The third kappa shape index (κ3) is 4.10.